The maximum Gasteiger partial charge on any atom is 0.254 e. The number of rotatable bonds is 4. The van der Waals surface area contributed by atoms with E-state index in [0.717, 1.165) is 6.42 Å². The molecule has 0 aliphatic heterocycles. The predicted octanol–water partition coefficient (Wildman–Crippen LogP) is 1.87. The van der Waals surface area contributed by atoms with Gasteiger partial charge in [0.25, 0.3) is 5.91 Å². The van der Waals surface area contributed by atoms with Crippen molar-refractivity contribution in [1.29, 1.82) is 0 Å². The minimum atomic E-state index is -0.480. The van der Waals surface area contributed by atoms with E-state index in [9.17, 15) is 4.79 Å². The van der Waals surface area contributed by atoms with Crippen LogP contribution in [0.2, 0.25) is 0 Å². The Balaban J connectivity index is 2.12. The fourth-order valence-electron chi connectivity index (χ4n) is 1.81. The normalized spacial score (nSPS) is 10.4. The molecule has 1 heterocycles. The number of aromatic nitrogens is 1. The molecule has 17 heavy (non-hydrogen) atoms. The van der Waals surface area contributed by atoms with Gasteiger partial charge in [-0.3, -0.25) is 4.79 Å². The molecular formula is C13H14N2O2. The zero-order valence-electron chi connectivity index (χ0n) is 9.64. The summed E-state index contributed by atoms with van der Waals surface area (Å²) in [5.41, 5.74) is 7.54. The maximum atomic E-state index is 11.2. The number of hydrogen-bond donors (Lipinski definition) is 1. The summed E-state index contributed by atoms with van der Waals surface area (Å²) >= 11 is 0. The van der Waals surface area contributed by atoms with Crippen LogP contribution in [-0.4, -0.2) is 11.1 Å². The number of primary amides is 1. The summed E-state index contributed by atoms with van der Waals surface area (Å²) < 4.78 is 4.99. The zero-order chi connectivity index (χ0) is 12.3. The Labute approximate surface area is 99.4 Å². The molecule has 0 spiro atoms. The topological polar surface area (TPSA) is 69.1 Å². The van der Waals surface area contributed by atoms with Crippen LogP contribution in [0.3, 0.4) is 0 Å². The largest absolute Gasteiger partial charge is 0.365 e. The number of nitrogens with two attached hydrogens (primary N) is 1. The number of carbonyl (C=O) groups is 1. The summed E-state index contributed by atoms with van der Waals surface area (Å²) in [5, 5.41) is 3.88. The summed E-state index contributed by atoms with van der Waals surface area (Å²) in [6, 6.07) is 10.0. The fraction of sp³-hybridized carbons (Fsp3) is 0.231. The summed E-state index contributed by atoms with van der Waals surface area (Å²) in [6.45, 7) is 1.69. The zero-order valence-corrected chi connectivity index (χ0v) is 9.64. The van der Waals surface area contributed by atoms with E-state index in [0.29, 0.717) is 23.4 Å². The molecule has 88 valence electrons. The lowest BCUT2D eigenvalue weighted by Crippen LogP contribution is -2.14. The highest BCUT2D eigenvalue weighted by atomic mass is 16.5. The first-order valence-corrected chi connectivity index (χ1v) is 5.47. The van der Waals surface area contributed by atoms with Crippen molar-refractivity contribution in [1.82, 2.24) is 5.16 Å². The second-order valence-electron chi connectivity index (χ2n) is 3.91. The molecule has 2 aromatic rings. The van der Waals surface area contributed by atoms with E-state index in [1.807, 2.05) is 30.3 Å². The molecule has 4 nitrogen and oxygen atoms in total. The molecule has 0 aliphatic carbocycles. The van der Waals surface area contributed by atoms with Crippen LogP contribution in [0.1, 0.15) is 27.4 Å². The molecule has 0 radical (unpaired) electrons. The van der Waals surface area contributed by atoms with Crippen molar-refractivity contribution in [3.63, 3.8) is 0 Å². The Kier molecular flexibility index (Phi) is 3.23. The van der Waals surface area contributed by atoms with E-state index < -0.39 is 5.91 Å². The van der Waals surface area contributed by atoms with Crippen molar-refractivity contribution < 1.29 is 9.32 Å². The second-order valence-corrected chi connectivity index (χ2v) is 3.91. The number of amides is 1. The third-order valence-corrected chi connectivity index (χ3v) is 2.67. The third kappa shape index (κ3) is 2.53. The fourth-order valence-corrected chi connectivity index (χ4v) is 1.81. The number of benzene rings is 1. The molecular weight excluding hydrogens is 216 g/mol. The van der Waals surface area contributed by atoms with Crippen LogP contribution in [0.4, 0.5) is 0 Å². The van der Waals surface area contributed by atoms with Crippen molar-refractivity contribution in [2.45, 2.75) is 19.8 Å². The van der Waals surface area contributed by atoms with Crippen LogP contribution in [0.5, 0.6) is 0 Å². The SMILES string of the molecule is Cc1onc(CCc2ccccc2)c1C(N)=O. The number of aryl methyl sites for hydroxylation is 3. The third-order valence-electron chi connectivity index (χ3n) is 2.67. The van der Waals surface area contributed by atoms with Crippen LogP contribution < -0.4 is 5.73 Å². The molecule has 0 unspecified atom stereocenters. The molecule has 0 atom stereocenters. The van der Waals surface area contributed by atoms with Gasteiger partial charge in [0.2, 0.25) is 0 Å². The van der Waals surface area contributed by atoms with E-state index in [-0.39, 0.29) is 0 Å². The predicted molar refractivity (Wildman–Crippen MR) is 63.6 cm³/mol. The van der Waals surface area contributed by atoms with E-state index in [2.05, 4.69) is 5.16 Å². The van der Waals surface area contributed by atoms with Crippen LogP contribution in [0, 0.1) is 6.92 Å². The Morgan fingerprint density at radius 3 is 2.65 bits per heavy atom. The van der Waals surface area contributed by atoms with Crippen LogP contribution >= 0.6 is 0 Å². The van der Waals surface area contributed by atoms with E-state index in [1.54, 1.807) is 6.92 Å². The molecule has 2 N–H and O–H groups in total. The van der Waals surface area contributed by atoms with E-state index >= 15 is 0 Å². The molecule has 0 fully saturated rings. The average Bonchev–Trinajstić information content (AvgIpc) is 2.69. The first kappa shape index (κ1) is 11.4. The van der Waals surface area contributed by atoms with Crippen LogP contribution in [-0.2, 0) is 12.8 Å². The van der Waals surface area contributed by atoms with Gasteiger partial charge in [0.05, 0.1) is 5.69 Å². The molecule has 0 saturated carbocycles. The van der Waals surface area contributed by atoms with E-state index in [4.69, 9.17) is 10.3 Å². The summed E-state index contributed by atoms with van der Waals surface area (Å²) in [6.07, 6.45) is 1.46. The van der Waals surface area contributed by atoms with Gasteiger partial charge >= 0.3 is 0 Å². The first-order valence-electron chi connectivity index (χ1n) is 5.47. The second kappa shape index (κ2) is 4.82. The van der Waals surface area contributed by atoms with Crippen molar-refractivity contribution in [2.75, 3.05) is 0 Å². The van der Waals surface area contributed by atoms with Crippen molar-refractivity contribution in [3.05, 3.63) is 52.9 Å². The Hall–Kier alpha value is -2.10. The highest BCUT2D eigenvalue weighted by Gasteiger charge is 2.17. The van der Waals surface area contributed by atoms with Gasteiger partial charge < -0.3 is 10.3 Å². The maximum absolute atomic E-state index is 11.2. The summed E-state index contributed by atoms with van der Waals surface area (Å²) in [4.78, 5) is 11.2. The number of carbonyl (C=O) groups excluding carboxylic acids is 1. The van der Waals surface area contributed by atoms with Gasteiger partial charge in [-0.25, -0.2) is 0 Å². The minimum absolute atomic E-state index is 0.418. The molecule has 1 aromatic carbocycles. The molecule has 0 bridgehead atoms. The molecule has 0 saturated heterocycles. The Morgan fingerprint density at radius 2 is 2.00 bits per heavy atom. The smallest absolute Gasteiger partial charge is 0.254 e. The molecule has 4 heteroatoms. The number of nitrogens with zero attached hydrogens (tertiary/aromatic N) is 1. The van der Waals surface area contributed by atoms with Gasteiger partial charge in [-0.2, -0.15) is 0 Å². The summed E-state index contributed by atoms with van der Waals surface area (Å²) in [5.74, 6) is 0.00683. The highest BCUT2D eigenvalue weighted by molar-refractivity contribution is 5.94. The average molecular weight is 230 g/mol. The van der Waals surface area contributed by atoms with E-state index in [1.165, 1.54) is 5.56 Å². The van der Waals surface area contributed by atoms with Crippen molar-refractivity contribution in [3.8, 4) is 0 Å². The molecule has 2 rings (SSSR count). The van der Waals surface area contributed by atoms with Gasteiger partial charge in [-0.15, -0.1) is 0 Å². The standard InChI is InChI=1S/C13H14N2O2/c1-9-12(13(14)16)11(15-17-9)8-7-10-5-3-2-4-6-10/h2-6H,7-8H2,1H3,(H2,14,16). The van der Waals surface area contributed by atoms with Crippen molar-refractivity contribution in [2.24, 2.45) is 5.73 Å². The molecule has 1 aromatic heterocycles. The van der Waals surface area contributed by atoms with Gasteiger partial charge in [-0.05, 0) is 25.3 Å². The lowest BCUT2D eigenvalue weighted by Gasteiger charge is -1.99. The molecule has 0 aliphatic rings. The lowest BCUT2D eigenvalue weighted by atomic mass is 10.0. The first-order chi connectivity index (χ1) is 8.18. The lowest BCUT2D eigenvalue weighted by molar-refractivity contribution is 0.0998. The molecule has 1 amide bonds. The van der Waals surface area contributed by atoms with Crippen molar-refractivity contribution >= 4 is 5.91 Å². The monoisotopic (exact) mass is 230 g/mol. The van der Waals surface area contributed by atoms with Crippen LogP contribution in [0.25, 0.3) is 0 Å². The van der Waals surface area contributed by atoms with Gasteiger partial charge in [-0.1, -0.05) is 35.5 Å². The Morgan fingerprint density at radius 1 is 1.29 bits per heavy atom. The number of hydrogen-bond acceptors (Lipinski definition) is 3. The van der Waals surface area contributed by atoms with Crippen LogP contribution in [0.15, 0.2) is 34.9 Å². The Bertz CT molecular complexity index is 517. The van der Waals surface area contributed by atoms with Gasteiger partial charge in [0.15, 0.2) is 0 Å². The minimum Gasteiger partial charge on any atom is -0.365 e. The van der Waals surface area contributed by atoms with Gasteiger partial charge in [0.1, 0.15) is 11.3 Å². The quantitative estimate of drug-likeness (QED) is 0.871. The summed E-state index contributed by atoms with van der Waals surface area (Å²) in [7, 11) is 0. The van der Waals surface area contributed by atoms with Gasteiger partial charge in [0, 0.05) is 0 Å². The highest BCUT2D eigenvalue weighted by Crippen LogP contribution is 2.15.